The molecule has 0 aliphatic carbocycles. The first-order valence-corrected chi connectivity index (χ1v) is 13.7. The monoisotopic (exact) mass is 525 g/mol. The Kier molecular flexibility index (Phi) is 8.05. The summed E-state index contributed by atoms with van der Waals surface area (Å²) in [5.74, 6) is 0.221. The average Bonchev–Trinajstić information content (AvgIpc) is 2.81. The fourth-order valence-corrected chi connectivity index (χ4v) is 6.10. The van der Waals surface area contributed by atoms with E-state index in [-0.39, 0.29) is 11.7 Å². The summed E-state index contributed by atoms with van der Waals surface area (Å²) in [5.41, 5.74) is 1.29. The van der Waals surface area contributed by atoms with Crippen molar-refractivity contribution in [3.8, 4) is 5.75 Å². The van der Waals surface area contributed by atoms with Crippen LogP contribution in [0.25, 0.3) is 0 Å². The molecule has 0 radical (unpaired) electrons. The van der Waals surface area contributed by atoms with E-state index in [4.69, 9.17) is 27.9 Å². The Morgan fingerprint density at radius 1 is 0.941 bits per heavy atom. The number of rotatable bonds is 6. The van der Waals surface area contributed by atoms with Crippen LogP contribution in [0.1, 0.15) is 41.6 Å². The van der Waals surface area contributed by atoms with Crippen molar-refractivity contribution in [1.29, 1.82) is 0 Å². The third-order valence-corrected chi connectivity index (χ3v) is 8.49. The topological polar surface area (TPSA) is 79.0 Å². The van der Waals surface area contributed by atoms with Crippen LogP contribution in [-0.2, 0) is 10.2 Å². The van der Waals surface area contributed by atoms with Crippen LogP contribution in [-0.4, -0.2) is 61.9 Å². The number of hydrogen-bond donors (Lipinski definition) is 1. The van der Waals surface area contributed by atoms with Gasteiger partial charge in [0.05, 0.1) is 0 Å². The minimum Gasteiger partial charge on any atom is -0.490 e. The van der Waals surface area contributed by atoms with Gasteiger partial charge in [0.1, 0.15) is 11.9 Å². The number of nitrogens with one attached hydrogen (secondary N) is 1. The fourth-order valence-electron chi connectivity index (χ4n) is 4.57. The predicted octanol–water partition coefficient (Wildman–Crippen LogP) is 4.28. The van der Waals surface area contributed by atoms with E-state index >= 15 is 0 Å². The highest BCUT2D eigenvalue weighted by Crippen LogP contribution is 2.27. The molecule has 0 aromatic heterocycles. The third kappa shape index (κ3) is 6.23. The summed E-state index contributed by atoms with van der Waals surface area (Å²) in [4.78, 5) is 14.8. The number of likely N-dealkylation sites (tertiary alicyclic amines) is 1. The first-order chi connectivity index (χ1) is 16.2. The van der Waals surface area contributed by atoms with Gasteiger partial charge in [-0.2, -0.15) is 12.7 Å². The maximum absolute atomic E-state index is 12.7. The zero-order chi connectivity index (χ0) is 24.3. The number of piperidine rings is 2. The van der Waals surface area contributed by atoms with Crippen molar-refractivity contribution < 1.29 is 17.9 Å². The summed E-state index contributed by atoms with van der Waals surface area (Å²) in [5, 5.41) is 1.19. The molecule has 4 rings (SSSR count). The lowest BCUT2D eigenvalue weighted by molar-refractivity contribution is 0.0581. The molecule has 34 heavy (non-hydrogen) atoms. The van der Waals surface area contributed by atoms with Gasteiger partial charge in [-0.3, -0.25) is 4.79 Å². The second-order valence-corrected chi connectivity index (χ2v) is 11.4. The van der Waals surface area contributed by atoms with Gasteiger partial charge in [-0.1, -0.05) is 23.2 Å². The number of benzene rings is 2. The fraction of sp³-hybridized carbons (Fsp3) is 0.458. The molecule has 184 valence electrons. The Bertz CT molecular complexity index is 1110. The van der Waals surface area contributed by atoms with Crippen LogP contribution in [0.2, 0.25) is 10.0 Å². The van der Waals surface area contributed by atoms with E-state index in [0.717, 1.165) is 50.1 Å². The Morgan fingerprint density at radius 3 is 2.18 bits per heavy atom. The van der Waals surface area contributed by atoms with Gasteiger partial charge >= 0.3 is 10.2 Å². The summed E-state index contributed by atoms with van der Waals surface area (Å²) in [6.45, 7) is 4.60. The lowest BCUT2D eigenvalue weighted by atomic mass is 10.00. The second-order valence-electron chi connectivity index (χ2n) is 8.84. The predicted molar refractivity (Wildman–Crippen MR) is 134 cm³/mol. The molecule has 1 amide bonds. The van der Waals surface area contributed by atoms with Gasteiger partial charge < -0.3 is 9.64 Å². The molecule has 0 atom stereocenters. The van der Waals surface area contributed by atoms with Gasteiger partial charge in [0.25, 0.3) is 5.91 Å². The number of carbonyl (C=O) groups is 1. The van der Waals surface area contributed by atoms with Crippen LogP contribution in [0, 0.1) is 6.92 Å². The highest BCUT2D eigenvalue weighted by Gasteiger charge is 2.33. The molecular formula is C24H29Cl2N3O4S. The van der Waals surface area contributed by atoms with Gasteiger partial charge in [0.15, 0.2) is 0 Å². The summed E-state index contributed by atoms with van der Waals surface area (Å²) < 4.78 is 35.2. The molecule has 0 saturated carbocycles. The van der Waals surface area contributed by atoms with E-state index in [1.807, 2.05) is 25.1 Å². The first kappa shape index (κ1) is 25.3. The Labute approximate surface area is 211 Å². The molecule has 2 fully saturated rings. The number of aryl methyl sites for hydroxylation is 1. The normalized spacial score (nSPS) is 19.1. The van der Waals surface area contributed by atoms with Crippen LogP contribution >= 0.6 is 23.2 Å². The van der Waals surface area contributed by atoms with E-state index in [1.165, 1.54) is 16.4 Å². The largest absolute Gasteiger partial charge is 0.490 e. The molecule has 2 aromatic carbocycles. The molecular weight excluding hydrogens is 497 g/mol. The average molecular weight is 526 g/mol. The maximum Gasteiger partial charge on any atom is 0.304 e. The van der Waals surface area contributed by atoms with Crippen molar-refractivity contribution >= 4 is 39.3 Å². The van der Waals surface area contributed by atoms with Gasteiger partial charge in [0.2, 0.25) is 0 Å². The van der Waals surface area contributed by atoms with E-state index in [9.17, 15) is 13.2 Å². The van der Waals surface area contributed by atoms with Crippen molar-refractivity contribution in [2.75, 3.05) is 26.2 Å². The van der Waals surface area contributed by atoms with Crippen molar-refractivity contribution in [3.05, 3.63) is 63.6 Å². The van der Waals surface area contributed by atoms with Crippen LogP contribution in [0.3, 0.4) is 0 Å². The standard InChI is InChI=1S/C24H29Cl2N3O4S/c1-17-16-20(26)6-7-23(17)33-22-10-12-28(13-11-22)21-8-14-29(15-9-21)34(31,32)27-24(30)18-2-4-19(25)5-3-18/h2-7,16,21-22H,8-15H2,1H3,(H,27,30). The molecule has 2 heterocycles. The molecule has 0 bridgehead atoms. The van der Waals surface area contributed by atoms with Gasteiger partial charge in [-0.05, 0) is 80.6 Å². The number of halogens is 2. The van der Waals surface area contributed by atoms with Crippen LogP contribution in [0.4, 0.5) is 0 Å². The van der Waals surface area contributed by atoms with Crippen molar-refractivity contribution in [1.82, 2.24) is 13.9 Å². The van der Waals surface area contributed by atoms with Crippen LogP contribution in [0.5, 0.6) is 5.75 Å². The minimum absolute atomic E-state index is 0.166. The number of hydrogen-bond acceptors (Lipinski definition) is 5. The summed E-state index contributed by atoms with van der Waals surface area (Å²) in [7, 11) is -3.89. The number of carbonyl (C=O) groups excluding carboxylic acids is 1. The van der Waals surface area contributed by atoms with E-state index in [0.29, 0.717) is 29.2 Å². The van der Waals surface area contributed by atoms with Gasteiger partial charge in [-0.25, -0.2) is 4.72 Å². The molecule has 0 spiro atoms. The summed E-state index contributed by atoms with van der Waals surface area (Å²) in [6.07, 6.45) is 3.49. The highest BCUT2D eigenvalue weighted by molar-refractivity contribution is 7.87. The SMILES string of the molecule is Cc1cc(Cl)ccc1OC1CCN(C2CCN(S(=O)(=O)NC(=O)c3ccc(Cl)cc3)CC2)CC1. The van der Waals surface area contributed by atoms with E-state index < -0.39 is 16.1 Å². The van der Waals surface area contributed by atoms with E-state index in [1.54, 1.807) is 12.1 Å². The molecule has 2 aliphatic heterocycles. The number of ether oxygens (including phenoxy) is 1. The van der Waals surface area contributed by atoms with Crippen LogP contribution < -0.4 is 9.46 Å². The van der Waals surface area contributed by atoms with Crippen LogP contribution in [0.15, 0.2) is 42.5 Å². The second kappa shape index (κ2) is 10.8. The first-order valence-electron chi connectivity index (χ1n) is 11.5. The van der Waals surface area contributed by atoms with Crippen molar-refractivity contribution in [2.24, 2.45) is 0 Å². The van der Waals surface area contributed by atoms with Crippen molar-refractivity contribution in [2.45, 2.75) is 44.8 Å². The third-order valence-electron chi connectivity index (χ3n) is 6.52. The van der Waals surface area contributed by atoms with Crippen molar-refractivity contribution in [3.63, 3.8) is 0 Å². The Morgan fingerprint density at radius 2 is 1.56 bits per heavy atom. The van der Waals surface area contributed by atoms with Gasteiger partial charge in [-0.15, -0.1) is 0 Å². The molecule has 10 heteroatoms. The zero-order valence-electron chi connectivity index (χ0n) is 19.0. The quantitative estimate of drug-likeness (QED) is 0.608. The smallest absolute Gasteiger partial charge is 0.304 e. The lowest BCUT2D eigenvalue weighted by Crippen LogP contribution is -2.52. The molecule has 7 nitrogen and oxygen atoms in total. The molecule has 2 saturated heterocycles. The summed E-state index contributed by atoms with van der Waals surface area (Å²) >= 11 is 11.9. The number of amides is 1. The lowest BCUT2D eigenvalue weighted by Gasteiger charge is -2.41. The number of nitrogens with zero attached hydrogens (tertiary/aromatic N) is 2. The molecule has 2 aliphatic rings. The Hall–Kier alpha value is -1.84. The summed E-state index contributed by atoms with van der Waals surface area (Å²) in [6, 6.07) is 12.1. The Balaban J connectivity index is 1.24. The maximum atomic E-state index is 12.7. The van der Waals surface area contributed by atoms with E-state index in [2.05, 4.69) is 9.62 Å². The highest BCUT2D eigenvalue weighted by atomic mass is 35.5. The molecule has 0 unspecified atom stereocenters. The minimum atomic E-state index is -3.89. The molecule has 2 aromatic rings. The zero-order valence-corrected chi connectivity index (χ0v) is 21.4. The van der Waals surface area contributed by atoms with Gasteiger partial charge in [0, 0.05) is 47.8 Å². The molecule has 1 N–H and O–H groups in total.